The monoisotopic (exact) mass is 480 g/mol. The maximum Gasteiger partial charge on any atom is 0.334 e. The van der Waals surface area contributed by atoms with Gasteiger partial charge in [0.2, 0.25) is 5.79 Å². The molecule has 0 aliphatic carbocycles. The van der Waals surface area contributed by atoms with Crippen LogP contribution in [-0.4, -0.2) is 63.9 Å². The van der Waals surface area contributed by atoms with Gasteiger partial charge in [-0.15, -0.1) is 0 Å². The highest BCUT2D eigenvalue weighted by atomic mass is 16.7. The number of hydrogen-bond donors (Lipinski definition) is 2. The summed E-state index contributed by atoms with van der Waals surface area (Å²) in [5.74, 6) is -6.09. The normalized spacial score (nSPS) is 41.0. The predicted molar refractivity (Wildman–Crippen MR) is 120 cm³/mol. The molecule has 0 spiro atoms. The minimum atomic E-state index is -1.97. The molecule has 3 saturated heterocycles. The molecule has 0 saturated carbocycles. The molecule has 3 aliphatic heterocycles. The molecule has 3 aliphatic rings. The first-order valence-electron chi connectivity index (χ1n) is 11.8. The summed E-state index contributed by atoms with van der Waals surface area (Å²) in [6.07, 6.45) is -2.12. The molecule has 34 heavy (non-hydrogen) atoms. The second kappa shape index (κ2) is 9.43. The quantitative estimate of drug-likeness (QED) is 0.346. The van der Waals surface area contributed by atoms with E-state index in [2.05, 4.69) is 6.58 Å². The van der Waals surface area contributed by atoms with Crippen molar-refractivity contribution in [2.24, 2.45) is 17.8 Å². The van der Waals surface area contributed by atoms with Crippen molar-refractivity contribution in [1.82, 2.24) is 0 Å². The molecule has 9 atom stereocenters. The van der Waals surface area contributed by atoms with Crippen LogP contribution >= 0.6 is 0 Å². The molecule has 3 heterocycles. The average molecular weight is 481 g/mol. The van der Waals surface area contributed by atoms with E-state index in [1.165, 1.54) is 6.92 Å². The molecule has 0 radical (unpaired) electrons. The molecule has 9 nitrogen and oxygen atoms in total. The predicted octanol–water partition coefficient (Wildman–Crippen LogP) is 2.19. The number of esters is 3. The summed E-state index contributed by atoms with van der Waals surface area (Å²) >= 11 is 0. The Bertz CT molecular complexity index is 891. The van der Waals surface area contributed by atoms with Crippen LogP contribution in [0.1, 0.15) is 60.8 Å². The number of carbonyl (C=O) groups excluding carboxylic acids is 3. The van der Waals surface area contributed by atoms with Gasteiger partial charge >= 0.3 is 17.9 Å². The second-order valence-corrected chi connectivity index (χ2v) is 10.1. The first-order chi connectivity index (χ1) is 15.8. The van der Waals surface area contributed by atoms with E-state index in [0.29, 0.717) is 18.4 Å². The zero-order valence-electron chi connectivity index (χ0n) is 20.7. The Morgan fingerprint density at radius 1 is 1.29 bits per heavy atom. The Morgan fingerprint density at radius 3 is 2.53 bits per heavy atom. The summed E-state index contributed by atoms with van der Waals surface area (Å²) in [6.45, 7) is 13.8. The van der Waals surface area contributed by atoms with Crippen molar-refractivity contribution in [3.05, 3.63) is 23.8 Å². The van der Waals surface area contributed by atoms with Gasteiger partial charge in [0.1, 0.15) is 5.60 Å². The first-order valence-corrected chi connectivity index (χ1v) is 11.8. The van der Waals surface area contributed by atoms with Gasteiger partial charge in [-0.1, -0.05) is 33.4 Å². The lowest BCUT2D eigenvalue weighted by Gasteiger charge is -2.41. The number of ether oxygens (including phenoxy) is 4. The molecule has 0 unspecified atom stereocenters. The summed E-state index contributed by atoms with van der Waals surface area (Å²) in [5.41, 5.74) is -1.44. The van der Waals surface area contributed by atoms with E-state index in [1.54, 1.807) is 33.8 Å². The van der Waals surface area contributed by atoms with E-state index in [1.807, 2.05) is 6.92 Å². The van der Waals surface area contributed by atoms with Crippen LogP contribution in [0.5, 0.6) is 0 Å². The summed E-state index contributed by atoms with van der Waals surface area (Å²) in [5, 5.41) is 23.2. The van der Waals surface area contributed by atoms with Gasteiger partial charge in [0.25, 0.3) is 0 Å². The van der Waals surface area contributed by atoms with Crippen molar-refractivity contribution in [1.29, 1.82) is 0 Å². The average Bonchev–Trinajstić information content (AvgIpc) is 3.22. The van der Waals surface area contributed by atoms with E-state index < -0.39 is 71.5 Å². The minimum absolute atomic E-state index is 0.0000930. The highest BCUT2D eigenvalue weighted by Crippen LogP contribution is 2.50. The molecule has 2 N–H and O–H groups in total. The number of hydrogen-bond acceptors (Lipinski definition) is 9. The molecule has 0 aromatic heterocycles. The number of aliphatic hydroxyl groups is 2. The number of rotatable bonds is 5. The second-order valence-electron chi connectivity index (χ2n) is 10.1. The molecule has 190 valence electrons. The highest BCUT2D eigenvalue weighted by molar-refractivity contribution is 5.92. The third-order valence-corrected chi connectivity index (χ3v) is 7.47. The van der Waals surface area contributed by atoms with Gasteiger partial charge in [0, 0.05) is 23.5 Å². The van der Waals surface area contributed by atoms with E-state index in [-0.39, 0.29) is 12.0 Å². The summed E-state index contributed by atoms with van der Waals surface area (Å²) in [7, 11) is 0. The maximum atomic E-state index is 12.8. The van der Waals surface area contributed by atoms with Crippen molar-refractivity contribution in [2.75, 3.05) is 0 Å². The van der Waals surface area contributed by atoms with E-state index in [9.17, 15) is 24.6 Å². The van der Waals surface area contributed by atoms with Gasteiger partial charge in [-0.2, -0.15) is 0 Å². The van der Waals surface area contributed by atoms with Crippen LogP contribution in [-0.2, 0) is 33.3 Å². The zero-order valence-corrected chi connectivity index (χ0v) is 20.7. The van der Waals surface area contributed by atoms with Crippen LogP contribution in [0.3, 0.4) is 0 Å². The van der Waals surface area contributed by atoms with Crippen molar-refractivity contribution in [3.63, 3.8) is 0 Å². The first kappa shape index (κ1) is 26.4. The largest absolute Gasteiger partial charge is 0.455 e. The van der Waals surface area contributed by atoms with E-state index in [4.69, 9.17) is 18.9 Å². The topological polar surface area (TPSA) is 129 Å². The van der Waals surface area contributed by atoms with Gasteiger partial charge in [-0.05, 0) is 33.6 Å². The van der Waals surface area contributed by atoms with Gasteiger partial charge in [-0.3, -0.25) is 4.79 Å². The third kappa shape index (κ3) is 4.53. The van der Waals surface area contributed by atoms with Gasteiger partial charge in [0.05, 0.1) is 17.9 Å². The lowest BCUT2D eigenvalue weighted by Crippen LogP contribution is -2.58. The maximum absolute atomic E-state index is 12.8. The van der Waals surface area contributed by atoms with Crippen LogP contribution in [0.15, 0.2) is 23.8 Å². The smallest absolute Gasteiger partial charge is 0.334 e. The van der Waals surface area contributed by atoms with Crippen molar-refractivity contribution in [3.8, 4) is 0 Å². The van der Waals surface area contributed by atoms with Crippen LogP contribution in [0, 0.1) is 17.8 Å². The number of allylic oxidation sites excluding steroid dienone is 1. The third-order valence-electron chi connectivity index (χ3n) is 7.47. The van der Waals surface area contributed by atoms with Gasteiger partial charge < -0.3 is 29.2 Å². The fraction of sp³-hybridized carbons (Fsp3) is 0.720. The standard InChI is InChI=1S/C25H36O9/c1-8-12(3)21(26)32-19-17-15(6)23(28)31-18(17)20(33-22(27)13(4)9-2)24(7,29)11-16-10-14(5)25(19,30)34-16/h8,13-14,16-20,29-30H,6,9-11H2,1-5,7H3/b12-8-/t13-,14-,16+,17+,18+,19-,20-,24+,25+/m0/s1. The molecule has 2 bridgehead atoms. The number of carbonyl (C=O) groups is 3. The van der Waals surface area contributed by atoms with E-state index >= 15 is 0 Å². The Labute approximate surface area is 200 Å². The van der Waals surface area contributed by atoms with Crippen molar-refractivity contribution < 1.29 is 43.5 Å². The molecular weight excluding hydrogens is 444 g/mol. The van der Waals surface area contributed by atoms with Gasteiger partial charge in [0.15, 0.2) is 18.3 Å². The lowest BCUT2D eigenvalue weighted by molar-refractivity contribution is -0.277. The van der Waals surface area contributed by atoms with Crippen LogP contribution in [0.2, 0.25) is 0 Å². The summed E-state index contributed by atoms with van der Waals surface area (Å²) in [6, 6.07) is 0. The molecule has 0 aromatic carbocycles. The summed E-state index contributed by atoms with van der Waals surface area (Å²) < 4.78 is 23.1. The van der Waals surface area contributed by atoms with Crippen molar-refractivity contribution in [2.45, 2.75) is 96.6 Å². The van der Waals surface area contributed by atoms with E-state index in [0.717, 1.165) is 0 Å². The Hall–Kier alpha value is -2.23. The molecule has 3 rings (SSSR count). The number of fused-ring (bicyclic) bond motifs is 3. The fourth-order valence-corrected chi connectivity index (χ4v) is 4.95. The van der Waals surface area contributed by atoms with Crippen molar-refractivity contribution >= 4 is 17.9 Å². The van der Waals surface area contributed by atoms with Crippen LogP contribution in [0.4, 0.5) is 0 Å². The summed E-state index contributed by atoms with van der Waals surface area (Å²) in [4.78, 5) is 38.2. The Balaban J connectivity index is 2.15. The van der Waals surface area contributed by atoms with Crippen LogP contribution < -0.4 is 0 Å². The zero-order chi connectivity index (χ0) is 25.6. The van der Waals surface area contributed by atoms with Gasteiger partial charge in [-0.25, -0.2) is 9.59 Å². The highest BCUT2D eigenvalue weighted by Gasteiger charge is 2.65. The SMILES string of the molecule is C=C1C(=O)O[C@@H]2[C@@H]1[C@H](OC(=O)/C(C)=C\C)[C@]1(O)O[C@H](C[C@@H]1C)C[C@@](C)(O)[C@H]2OC(=O)[C@@H](C)CC. The molecule has 3 fully saturated rings. The molecular formula is C25H36O9. The fourth-order valence-electron chi connectivity index (χ4n) is 4.95. The lowest BCUT2D eigenvalue weighted by atomic mass is 9.75. The minimum Gasteiger partial charge on any atom is -0.455 e. The molecule has 0 aromatic rings. The Morgan fingerprint density at radius 2 is 1.94 bits per heavy atom. The Kier molecular flexibility index (Phi) is 7.32. The molecule has 9 heteroatoms. The molecule has 0 amide bonds. The van der Waals surface area contributed by atoms with Crippen LogP contribution in [0.25, 0.3) is 0 Å².